The van der Waals surface area contributed by atoms with Gasteiger partial charge in [0.1, 0.15) is 0 Å². The van der Waals surface area contributed by atoms with E-state index in [9.17, 15) is 5.11 Å². The van der Waals surface area contributed by atoms with E-state index in [4.69, 9.17) is 9.47 Å². The van der Waals surface area contributed by atoms with Crippen LogP contribution in [0.2, 0.25) is 0 Å². The van der Waals surface area contributed by atoms with Crippen molar-refractivity contribution in [1.29, 1.82) is 0 Å². The molecule has 0 aromatic rings. The van der Waals surface area contributed by atoms with Crippen LogP contribution in [0.3, 0.4) is 0 Å². The first-order chi connectivity index (χ1) is 12.1. The zero-order chi connectivity index (χ0) is 17.8. The third-order valence-electron chi connectivity index (χ3n) is 7.45. The first-order valence-corrected chi connectivity index (χ1v) is 11.1. The molecule has 0 amide bonds. The molecule has 3 fully saturated rings. The SMILES string of the molecule is CCCCC(CC)CC1(O)CCC(C2CCC3(CC2)OCCO3)CC1. The standard InChI is InChI=1S/C22H40O3/c1-3-5-6-18(4-2)17-21(23)11-7-19(8-12-21)20-9-13-22(14-10-20)24-15-16-25-22/h18-20,23H,3-17H2,1-2H3. The molecule has 1 unspecified atom stereocenters. The zero-order valence-corrected chi connectivity index (χ0v) is 16.6. The third-order valence-corrected chi connectivity index (χ3v) is 7.45. The minimum absolute atomic E-state index is 0.223. The van der Waals surface area contributed by atoms with Crippen molar-refractivity contribution in [2.45, 2.75) is 109 Å². The Labute approximate surface area is 154 Å². The molecule has 25 heavy (non-hydrogen) atoms. The molecule has 1 saturated heterocycles. The molecule has 1 aliphatic heterocycles. The van der Waals surface area contributed by atoms with E-state index in [1.165, 1.54) is 51.4 Å². The normalized spacial score (nSPS) is 34.4. The largest absolute Gasteiger partial charge is 0.390 e. The van der Waals surface area contributed by atoms with Crippen LogP contribution in [0.5, 0.6) is 0 Å². The summed E-state index contributed by atoms with van der Waals surface area (Å²) in [7, 11) is 0. The number of rotatable bonds is 7. The maximum absolute atomic E-state index is 11.1. The van der Waals surface area contributed by atoms with E-state index in [0.717, 1.165) is 57.2 Å². The van der Waals surface area contributed by atoms with Crippen molar-refractivity contribution in [3.8, 4) is 0 Å². The van der Waals surface area contributed by atoms with Crippen LogP contribution in [0.4, 0.5) is 0 Å². The lowest BCUT2D eigenvalue weighted by molar-refractivity contribution is -0.186. The van der Waals surface area contributed by atoms with Gasteiger partial charge in [0, 0.05) is 12.8 Å². The smallest absolute Gasteiger partial charge is 0.168 e. The van der Waals surface area contributed by atoms with E-state index in [1.807, 2.05) is 0 Å². The summed E-state index contributed by atoms with van der Waals surface area (Å²) in [5.41, 5.74) is -0.377. The van der Waals surface area contributed by atoms with Crippen molar-refractivity contribution in [3.05, 3.63) is 0 Å². The topological polar surface area (TPSA) is 38.7 Å². The molecule has 1 spiro atoms. The number of hydrogen-bond donors (Lipinski definition) is 1. The maximum atomic E-state index is 11.1. The summed E-state index contributed by atoms with van der Waals surface area (Å²) in [5, 5.41) is 11.1. The highest BCUT2D eigenvalue weighted by Crippen LogP contribution is 2.47. The molecule has 1 N–H and O–H groups in total. The number of ether oxygens (including phenoxy) is 2. The summed E-state index contributed by atoms with van der Waals surface area (Å²) < 4.78 is 11.8. The molecule has 2 aliphatic carbocycles. The van der Waals surface area contributed by atoms with Crippen LogP contribution >= 0.6 is 0 Å². The van der Waals surface area contributed by atoms with Crippen LogP contribution in [-0.4, -0.2) is 29.7 Å². The molecule has 1 atom stereocenters. The van der Waals surface area contributed by atoms with Gasteiger partial charge in [-0.25, -0.2) is 0 Å². The Morgan fingerprint density at radius 2 is 1.48 bits per heavy atom. The monoisotopic (exact) mass is 352 g/mol. The molecule has 0 aromatic carbocycles. The molecule has 0 bridgehead atoms. The van der Waals surface area contributed by atoms with Crippen molar-refractivity contribution >= 4 is 0 Å². The summed E-state index contributed by atoms with van der Waals surface area (Å²) in [6, 6.07) is 0. The van der Waals surface area contributed by atoms with Gasteiger partial charge >= 0.3 is 0 Å². The number of unbranched alkanes of at least 4 members (excludes halogenated alkanes) is 1. The Bertz CT molecular complexity index is 384. The van der Waals surface area contributed by atoms with Gasteiger partial charge in [0.05, 0.1) is 18.8 Å². The maximum Gasteiger partial charge on any atom is 0.168 e. The van der Waals surface area contributed by atoms with Crippen molar-refractivity contribution in [2.24, 2.45) is 17.8 Å². The van der Waals surface area contributed by atoms with Crippen LogP contribution in [-0.2, 0) is 9.47 Å². The Hall–Kier alpha value is -0.120. The molecule has 3 nitrogen and oxygen atoms in total. The summed E-state index contributed by atoms with van der Waals surface area (Å²) in [4.78, 5) is 0. The summed E-state index contributed by atoms with van der Waals surface area (Å²) in [5.74, 6) is 2.13. The zero-order valence-electron chi connectivity index (χ0n) is 16.6. The lowest BCUT2D eigenvalue weighted by Crippen LogP contribution is -2.40. The summed E-state index contributed by atoms with van der Waals surface area (Å²) >= 11 is 0. The van der Waals surface area contributed by atoms with E-state index in [0.29, 0.717) is 5.92 Å². The van der Waals surface area contributed by atoms with Crippen LogP contribution in [0.1, 0.15) is 97.3 Å². The molecule has 2 saturated carbocycles. The molecular formula is C22H40O3. The molecule has 146 valence electrons. The van der Waals surface area contributed by atoms with Gasteiger partial charge in [-0.2, -0.15) is 0 Å². The lowest BCUT2D eigenvalue weighted by Gasteiger charge is -2.43. The molecule has 3 heteroatoms. The average Bonchev–Trinajstić information content (AvgIpc) is 3.08. The quantitative estimate of drug-likeness (QED) is 0.662. The van der Waals surface area contributed by atoms with Gasteiger partial charge in [-0.1, -0.05) is 39.5 Å². The van der Waals surface area contributed by atoms with Gasteiger partial charge in [0.2, 0.25) is 0 Å². The fraction of sp³-hybridized carbons (Fsp3) is 1.00. The Morgan fingerprint density at radius 1 is 0.920 bits per heavy atom. The molecule has 0 aromatic heterocycles. The Balaban J connectivity index is 1.43. The highest BCUT2D eigenvalue weighted by molar-refractivity contribution is 4.92. The van der Waals surface area contributed by atoms with Gasteiger partial charge in [-0.05, 0) is 62.7 Å². The summed E-state index contributed by atoms with van der Waals surface area (Å²) in [6.45, 7) is 6.11. The Morgan fingerprint density at radius 3 is 2.00 bits per heavy atom. The van der Waals surface area contributed by atoms with Crippen molar-refractivity contribution in [2.75, 3.05) is 13.2 Å². The molecule has 3 aliphatic rings. The van der Waals surface area contributed by atoms with Gasteiger partial charge in [-0.15, -0.1) is 0 Å². The first-order valence-electron chi connectivity index (χ1n) is 11.1. The van der Waals surface area contributed by atoms with Gasteiger partial charge in [0.15, 0.2) is 5.79 Å². The van der Waals surface area contributed by atoms with E-state index in [2.05, 4.69) is 13.8 Å². The van der Waals surface area contributed by atoms with Crippen molar-refractivity contribution in [3.63, 3.8) is 0 Å². The van der Waals surface area contributed by atoms with Crippen LogP contribution in [0.25, 0.3) is 0 Å². The predicted molar refractivity (Wildman–Crippen MR) is 101 cm³/mol. The average molecular weight is 353 g/mol. The highest BCUT2D eigenvalue weighted by Gasteiger charge is 2.43. The predicted octanol–water partition coefficient (Wildman–Crippen LogP) is 5.45. The van der Waals surface area contributed by atoms with E-state index in [-0.39, 0.29) is 11.4 Å². The molecule has 3 rings (SSSR count). The number of aliphatic hydroxyl groups is 1. The van der Waals surface area contributed by atoms with E-state index >= 15 is 0 Å². The third kappa shape index (κ3) is 4.99. The fourth-order valence-electron chi connectivity index (χ4n) is 5.67. The molecule has 0 radical (unpaired) electrons. The lowest BCUT2D eigenvalue weighted by atomic mass is 9.67. The van der Waals surface area contributed by atoms with Crippen LogP contribution in [0, 0.1) is 17.8 Å². The van der Waals surface area contributed by atoms with E-state index in [1.54, 1.807) is 0 Å². The second kappa shape index (κ2) is 8.71. The van der Waals surface area contributed by atoms with Crippen LogP contribution in [0.15, 0.2) is 0 Å². The van der Waals surface area contributed by atoms with Gasteiger partial charge < -0.3 is 14.6 Å². The minimum Gasteiger partial charge on any atom is -0.390 e. The molecular weight excluding hydrogens is 312 g/mol. The van der Waals surface area contributed by atoms with Crippen molar-refractivity contribution < 1.29 is 14.6 Å². The van der Waals surface area contributed by atoms with Gasteiger partial charge in [0.25, 0.3) is 0 Å². The number of hydrogen-bond acceptors (Lipinski definition) is 3. The molecule has 1 heterocycles. The van der Waals surface area contributed by atoms with Gasteiger partial charge in [-0.3, -0.25) is 0 Å². The van der Waals surface area contributed by atoms with Crippen LogP contribution < -0.4 is 0 Å². The highest BCUT2D eigenvalue weighted by atomic mass is 16.7. The fourth-order valence-corrected chi connectivity index (χ4v) is 5.67. The Kier molecular flexibility index (Phi) is 6.84. The first kappa shape index (κ1) is 19.6. The van der Waals surface area contributed by atoms with E-state index < -0.39 is 0 Å². The minimum atomic E-state index is -0.377. The van der Waals surface area contributed by atoms with Crippen molar-refractivity contribution in [1.82, 2.24) is 0 Å². The summed E-state index contributed by atoms with van der Waals surface area (Å²) in [6.07, 6.45) is 15.3. The second-order valence-electron chi connectivity index (χ2n) is 9.13. The second-order valence-corrected chi connectivity index (χ2v) is 9.13.